The molecule has 0 fully saturated rings. The molecule has 0 aliphatic carbocycles. The van der Waals surface area contributed by atoms with Crippen molar-refractivity contribution in [2.24, 2.45) is 0 Å². The summed E-state index contributed by atoms with van der Waals surface area (Å²) in [6.07, 6.45) is 2.90. The van der Waals surface area contributed by atoms with Crippen LogP contribution in [0.1, 0.15) is 36.8 Å². The van der Waals surface area contributed by atoms with Crippen molar-refractivity contribution in [1.82, 2.24) is 4.98 Å². The Bertz CT molecular complexity index is 542. The van der Waals surface area contributed by atoms with Crippen molar-refractivity contribution in [2.75, 3.05) is 0 Å². The van der Waals surface area contributed by atoms with Gasteiger partial charge in [0.15, 0.2) is 0 Å². The number of aryl methyl sites for hydroxylation is 1. The van der Waals surface area contributed by atoms with E-state index in [4.69, 9.17) is 5.11 Å². The first-order chi connectivity index (χ1) is 8.08. The summed E-state index contributed by atoms with van der Waals surface area (Å²) in [5, 5.41) is 9.90. The van der Waals surface area contributed by atoms with Crippen LogP contribution in [0.2, 0.25) is 0 Å². The molecular formula is C14H17NO2. The summed E-state index contributed by atoms with van der Waals surface area (Å²) in [6.45, 7) is 4.14. The van der Waals surface area contributed by atoms with Crippen molar-refractivity contribution in [3.63, 3.8) is 0 Å². The molecule has 0 radical (unpaired) electrons. The second kappa shape index (κ2) is 4.62. The SMILES string of the molecule is Cc1ccc2c(C(C)CCC(=O)O)c[nH]c2c1. The van der Waals surface area contributed by atoms with Gasteiger partial charge in [-0.25, -0.2) is 0 Å². The maximum absolute atomic E-state index is 10.6. The average molecular weight is 231 g/mol. The number of fused-ring (bicyclic) bond motifs is 1. The van der Waals surface area contributed by atoms with E-state index in [1.807, 2.05) is 6.20 Å². The van der Waals surface area contributed by atoms with Crippen LogP contribution < -0.4 is 0 Å². The highest BCUT2D eigenvalue weighted by atomic mass is 16.4. The average Bonchev–Trinajstić information content (AvgIpc) is 2.68. The number of carboxylic acids is 1. The molecule has 0 saturated heterocycles. The van der Waals surface area contributed by atoms with E-state index >= 15 is 0 Å². The first kappa shape index (κ1) is 11.7. The lowest BCUT2D eigenvalue weighted by molar-refractivity contribution is -0.137. The molecule has 0 aliphatic heterocycles. The van der Waals surface area contributed by atoms with Crippen LogP contribution in [0.15, 0.2) is 24.4 Å². The monoisotopic (exact) mass is 231 g/mol. The summed E-state index contributed by atoms with van der Waals surface area (Å²) >= 11 is 0. The van der Waals surface area contributed by atoms with Gasteiger partial charge in [0.05, 0.1) is 0 Å². The molecule has 1 unspecified atom stereocenters. The zero-order valence-electron chi connectivity index (χ0n) is 10.2. The molecule has 1 aromatic carbocycles. The smallest absolute Gasteiger partial charge is 0.303 e. The molecule has 1 aromatic heterocycles. The fraction of sp³-hybridized carbons (Fsp3) is 0.357. The van der Waals surface area contributed by atoms with E-state index in [9.17, 15) is 4.79 Å². The van der Waals surface area contributed by atoms with E-state index in [-0.39, 0.29) is 12.3 Å². The number of rotatable bonds is 4. The Kier molecular flexibility index (Phi) is 3.18. The molecule has 0 aliphatic rings. The van der Waals surface area contributed by atoms with Gasteiger partial charge in [0.1, 0.15) is 0 Å². The zero-order valence-corrected chi connectivity index (χ0v) is 10.2. The number of aromatic nitrogens is 1. The van der Waals surface area contributed by atoms with Crippen LogP contribution >= 0.6 is 0 Å². The number of hydrogen-bond donors (Lipinski definition) is 2. The second-order valence-corrected chi connectivity index (χ2v) is 4.63. The standard InChI is InChI=1S/C14H17NO2/c1-9-3-5-11-12(8-15-13(11)7-9)10(2)4-6-14(16)17/h3,5,7-8,10,15H,4,6H2,1-2H3,(H,16,17). The maximum atomic E-state index is 10.6. The summed E-state index contributed by atoms with van der Waals surface area (Å²) in [5.41, 5.74) is 3.56. The minimum atomic E-state index is -0.729. The number of aromatic amines is 1. The highest BCUT2D eigenvalue weighted by Crippen LogP contribution is 2.28. The summed E-state index contributed by atoms with van der Waals surface area (Å²) < 4.78 is 0. The Morgan fingerprint density at radius 2 is 2.24 bits per heavy atom. The first-order valence-corrected chi connectivity index (χ1v) is 5.87. The number of H-pyrrole nitrogens is 1. The summed E-state index contributed by atoms with van der Waals surface area (Å²) in [5.74, 6) is -0.463. The number of hydrogen-bond acceptors (Lipinski definition) is 1. The topological polar surface area (TPSA) is 53.1 Å². The van der Waals surface area contributed by atoms with Gasteiger partial charge in [-0.15, -0.1) is 0 Å². The van der Waals surface area contributed by atoms with E-state index in [1.54, 1.807) is 0 Å². The van der Waals surface area contributed by atoms with Crippen molar-refractivity contribution in [3.8, 4) is 0 Å². The highest BCUT2D eigenvalue weighted by Gasteiger charge is 2.12. The Balaban J connectivity index is 2.26. The molecule has 2 rings (SSSR count). The van der Waals surface area contributed by atoms with E-state index in [0.717, 1.165) is 5.52 Å². The van der Waals surface area contributed by atoms with Crippen molar-refractivity contribution < 1.29 is 9.90 Å². The number of aliphatic carboxylic acids is 1. The van der Waals surface area contributed by atoms with Crippen molar-refractivity contribution >= 4 is 16.9 Å². The highest BCUT2D eigenvalue weighted by molar-refractivity contribution is 5.84. The summed E-state index contributed by atoms with van der Waals surface area (Å²) in [4.78, 5) is 13.8. The molecule has 3 nitrogen and oxygen atoms in total. The number of carboxylic acid groups (broad SMARTS) is 1. The fourth-order valence-electron chi connectivity index (χ4n) is 2.17. The van der Waals surface area contributed by atoms with Gasteiger partial charge in [0, 0.05) is 23.5 Å². The molecule has 1 heterocycles. The Labute approximate surface area is 100 Å². The maximum Gasteiger partial charge on any atom is 0.303 e. The molecule has 0 saturated carbocycles. The molecule has 0 amide bonds. The molecule has 3 heteroatoms. The predicted octanol–water partition coefficient (Wildman–Crippen LogP) is 3.44. The number of nitrogens with one attached hydrogen (secondary N) is 1. The minimum Gasteiger partial charge on any atom is -0.481 e. The zero-order chi connectivity index (χ0) is 12.4. The van der Waals surface area contributed by atoms with Gasteiger partial charge in [-0.2, -0.15) is 0 Å². The quantitative estimate of drug-likeness (QED) is 0.846. The van der Waals surface area contributed by atoms with Crippen LogP contribution in [-0.2, 0) is 4.79 Å². The molecule has 17 heavy (non-hydrogen) atoms. The van der Waals surface area contributed by atoms with Crippen LogP contribution in [0.5, 0.6) is 0 Å². The van der Waals surface area contributed by atoms with Gasteiger partial charge in [0.2, 0.25) is 0 Å². The molecule has 0 spiro atoms. The summed E-state index contributed by atoms with van der Waals surface area (Å²) in [6, 6.07) is 6.31. The molecule has 2 N–H and O–H groups in total. The molecule has 90 valence electrons. The summed E-state index contributed by atoms with van der Waals surface area (Å²) in [7, 11) is 0. The van der Waals surface area contributed by atoms with E-state index in [0.29, 0.717) is 6.42 Å². The van der Waals surface area contributed by atoms with E-state index in [1.165, 1.54) is 16.5 Å². The van der Waals surface area contributed by atoms with Gasteiger partial charge in [-0.1, -0.05) is 19.1 Å². The Morgan fingerprint density at radius 1 is 1.47 bits per heavy atom. The van der Waals surface area contributed by atoms with Gasteiger partial charge in [0.25, 0.3) is 0 Å². The molecule has 1 atom stereocenters. The Hall–Kier alpha value is -1.77. The lowest BCUT2D eigenvalue weighted by Crippen LogP contribution is -1.99. The molecule has 2 aromatic rings. The van der Waals surface area contributed by atoms with Gasteiger partial charge < -0.3 is 10.1 Å². The lowest BCUT2D eigenvalue weighted by atomic mass is 9.95. The normalized spacial score (nSPS) is 12.8. The predicted molar refractivity (Wildman–Crippen MR) is 68.3 cm³/mol. The Morgan fingerprint density at radius 3 is 2.94 bits per heavy atom. The third-order valence-electron chi connectivity index (χ3n) is 3.19. The second-order valence-electron chi connectivity index (χ2n) is 4.63. The largest absolute Gasteiger partial charge is 0.481 e. The van der Waals surface area contributed by atoms with Gasteiger partial charge in [-0.3, -0.25) is 4.79 Å². The molecular weight excluding hydrogens is 214 g/mol. The number of benzene rings is 1. The van der Waals surface area contributed by atoms with Gasteiger partial charge >= 0.3 is 5.97 Å². The van der Waals surface area contributed by atoms with E-state index < -0.39 is 5.97 Å². The van der Waals surface area contributed by atoms with Crippen LogP contribution in [-0.4, -0.2) is 16.1 Å². The minimum absolute atomic E-state index is 0.222. The van der Waals surface area contributed by atoms with Crippen LogP contribution in [0, 0.1) is 6.92 Å². The van der Waals surface area contributed by atoms with Crippen LogP contribution in [0.3, 0.4) is 0 Å². The van der Waals surface area contributed by atoms with Gasteiger partial charge in [-0.05, 0) is 36.5 Å². The van der Waals surface area contributed by atoms with Crippen molar-refractivity contribution in [2.45, 2.75) is 32.6 Å². The van der Waals surface area contributed by atoms with Crippen molar-refractivity contribution in [3.05, 3.63) is 35.5 Å². The molecule has 0 bridgehead atoms. The fourth-order valence-corrected chi connectivity index (χ4v) is 2.17. The first-order valence-electron chi connectivity index (χ1n) is 5.87. The third-order valence-corrected chi connectivity index (χ3v) is 3.19. The third kappa shape index (κ3) is 2.49. The lowest BCUT2D eigenvalue weighted by Gasteiger charge is -2.08. The van der Waals surface area contributed by atoms with Crippen LogP contribution in [0.25, 0.3) is 10.9 Å². The van der Waals surface area contributed by atoms with Crippen molar-refractivity contribution in [1.29, 1.82) is 0 Å². The van der Waals surface area contributed by atoms with Crippen LogP contribution in [0.4, 0.5) is 0 Å². The van der Waals surface area contributed by atoms with E-state index in [2.05, 4.69) is 37.0 Å². The number of carbonyl (C=O) groups is 1.